The molecule has 8 nitrogen and oxygen atoms in total. The number of hydrogen-bond acceptors (Lipinski definition) is 7. The largest absolute Gasteiger partial charge is 0.492 e. The van der Waals surface area contributed by atoms with Crippen LogP contribution in [0.1, 0.15) is 0 Å². The molecule has 0 N–H and O–H groups in total. The lowest BCUT2D eigenvalue weighted by molar-refractivity contribution is 0.328. The first-order chi connectivity index (χ1) is 14.2. The minimum absolute atomic E-state index is 0.0441. The molecule has 1 aromatic heterocycles. The van der Waals surface area contributed by atoms with Gasteiger partial charge in [0.15, 0.2) is 5.13 Å². The zero-order chi connectivity index (χ0) is 21.8. The number of rotatable bonds is 9. The molecular weight excluding hydrogens is 446 g/mol. The third-order valence-corrected chi connectivity index (χ3v) is 8.67. The minimum atomic E-state index is -3.80. The van der Waals surface area contributed by atoms with Crippen molar-refractivity contribution in [1.29, 1.82) is 0 Å². The van der Waals surface area contributed by atoms with Gasteiger partial charge in [-0.25, -0.2) is 30.4 Å². The second-order valence-corrected chi connectivity index (χ2v) is 11.2. The first kappa shape index (κ1) is 22.2. The molecule has 0 saturated carbocycles. The van der Waals surface area contributed by atoms with Gasteiger partial charge < -0.3 is 4.74 Å². The van der Waals surface area contributed by atoms with E-state index in [-0.39, 0.29) is 22.9 Å². The van der Waals surface area contributed by atoms with Gasteiger partial charge in [-0.3, -0.25) is 0 Å². The summed E-state index contributed by atoms with van der Waals surface area (Å²) in [6.45, 7) is 0.105. The maximum Gasteiger partial charge on any atom is 0.266 e. The zero-order valence-corrected chi connectivity index (χ0v) is 18.8. The minimum Gasteiger partial charge on any atom is -0.492 e. The topological polar surface area (TPSA) is 96.9 Å². The molecule has 0 aliphatic rings. The van der Waals surface area contributed by atoms with Crippen LogP contribution in [0.2, 0.25) is 0 Å². The highest BCUT2D eigenvalue weighted by atomic mass is 32.2. The molecule has 0 fully saturated rings. The highest BCUT2D eigenvalue weighted by molar-refractivity contribution is 7.93. The molecule has 2 aromatic carbocycles. The zero-order valence-electron chi connectivity index (χ0n) is 16.4. The third kappa shape index (κ3) is 4.81. The fourth-order valence-electron chi connectivity index (χ4n) is 2.54. The van der Waals surface area contributed by atoms with E-state index in [4.69, 9.17) is 4.74 Å². The number of aromatic nitrogens is 1. The van der Waals surface area contributed by atoms with Crippen LogP contribution in [0.4, 0.5) is 5.13 Å². The average molecular weight is 468 g/mol. The lowest BCUT2D eigenvalue weighted by Crippen LogP contribution is -2.34. The van der Waals surface area contributed by atoms with Crippen LogP contribution in [0, 0.1) is 0 Å². The molecule has 160 valence electrons. The molecular formula is C19H21N3O5S3. The van der Waals surface area contributed by atoms with Crippen molar-refractivity contribution in [3.8, 4) is 5.75 Å². The monoisotopic (exact) mass is 467 g/mol. The van der Waals surface area contributed by atoms with Gasteiger partial charge in [0.1, 0.15) is 12.4 Å². The van der Waals surface area contributed by atoms with Crippen LogP contribution in [-0.4, -0.2) is 53.4 Å². The number of thiazole rings is 1. The number of hydrogen-bond donors (Lipinski definition) is 0. The van der Waals surface area contributed by atoms with Gasteiger partial charge in [-0.05, 0) is 36.4 Å². The van der Waals surface area contributed by atoms with Crippen molar-refractivity contribution in [3.05, 3.63) is 66.2 Å². The first-order valence-electron chi connectivity index (χ1n) is 8.85. The summed E-state index contributed by atoms with van der Waals surface area (Å²) in [5.74, 6) is 0.434. The van der Waals surface area contributed by atoms with Gasteiger partial charge in [-0.1, -0.05) is 18.2 Å². The van der Waals surface area contributed by atoms with E-state index in [2.05, 4.69) is 4.98 Å². The van der Waals surface area contributed by atoms with Gasteiger partial charge in [-0.2, -0.15) is 0 Å². The Morgan fingerprint density at radius 1 is 0.900 bits per heavy atom. The van der Waals surface area contributed by atoms with E-state index in [0.717, 1.165) is 4.31 Å². The molecule has 0 radical (unpaired) electrons. The average Bonchev–Trinajstić information content (AvgIpc) is 3.26. The smallest absolute Gasteiger partial charge is 0.266 e. The van der Waals surface area contributed by atoms with E-state index < -0.39 is 20.0 Å². The maximum absolute atomic E-state index is 13.1. The summed E-state index contributed by atoms with van der Waals surface area (Å²) in [4.78, 5) is 4.44. The standard InChI is InChI=1S/C19H21N3O5S3/c1-21(2)29(23,24)18-10-8-16(9-11-18)27-14-13-22(19-20-12-15-28-19)30(25,26)17-6-4-3-5-7-17/h3-12,15H,13-14H2,1-2H3. The molecule has 0 atom stereocenters. The van der Waals surface area contributed by atoms with Crippen LogP contribution in [0.5, 0.6) is 5.75 Å². The Morgan fingerprint density at radius 2 is 1.53 bits per heavy atom. The third-order valence-electron chi connectivity index (χ3n) is 4.13. The molecule has 11 heteroatoms. The van der Waals surface area contributed by atoms with Gasteiger partial charge in [0.25, 0.3) is 10.0 Å². The molecule has 0 amide bonds. The molecule has 3 rings (SSSR count). The Morgan fingerprint density at radius 3 is 2.10 bits per heavy atom. The van der Waals surface area contributed by atoms with E-state index in [9.17, 15) is 16.8 Å². The molecule has 0 bridgehead atoms. The summed E-state index contributed by atoms with van der Waals surface area (Å²) in [6.07, 6.45) is 1.54. The molecule has 1 heterocycles. The number of ether oxygens (including phenoxy) is 1. The van der Waals surface area contributed by atoms with Gasteiger partial charge in [0, 0.05) is 25.7 Å². The van der Waals surface area contributed by atoms with Gasteiger partial charge in [0.05, 0.1) is 16.3 Å². The highest BCUT2D eigenvalue weighted by Gasteiger charge is 2.26. The maximum atomic E-state index is 13.1. The Balaban J connectivity index is 1.73. The summed E-state index contributed by atoms with van der Waals surface area (Å²) in [5.41, 5.74) is 0. The number of sulfonamides is 2. The molecule has 0 saturated heterocycles. The second-order valence-electron chi connectivity index (χ2n) is 6.31. The number of benzene rings is 2. The number of anilines is 1. The van der Waals surface area contributed by atoms with E-state index in [1.807, 2.05) is 0 Å². The lowest BCUT2D eigenvalue weighted by atomic mass is 10.3. The summed E-state index contributed by atoms with van der Waals surface area (Å²) in [7, 11) is -4.40. The molecule has 30 heavy (non-hydrogen) atoms. The second kappa shape index (κ2) is 9.13. The Kier molecular flexibility index (Phi) is 6.76. The van der Waals surface area contributed by atoms with E-state index >= 15 is 0 Å². The van der Waals surface area contributed by atoms with Crippen LogP contribution in [0.25, 0.3) is 0 Å². The Hall–Kier alpha value is -2.47. The molecule has 0 aliphatic heterocycles. The van der Waals surface area contributed by atoms with Crippen molar-refractivity contribution in [1.82, 2.24) is 9.29 Å². The Labute approximate surface area is 180 Å². The molecule has 0 unspecified atom stereocenters. The van der Waals surface area contributed by atoms with Crippen LogP contribution in [0.3, 0.4) is 0 Å². The quantitative estimate of drug-likeness (QED) is 0.480. The van der Waals surface area contributed by atoms with E-state index in [0.29, 0.717) is 10.9 Å². The van der Waals surface area contributed by atoms with Crippen molar-refractivity contribution >= 4 is 36.5 Å². The molecule has 3 aromatic rings. The fourth-order valence-corrected chi connectivity index (χ4v) is 5.76. The normalized spacial score (nSPS) is 12.1. The van der Waals surface area contributed by atoms with Crippen molar-refractivity contribution in [2.75, 3.05) is 31.6 Å². The van der Waals surface area contributed by atoms with Crippen molar-refractivity contribution in [2.24, 2.45) is 0 Å². The Bertz CT molecular complexity index is 1160. The van der Waals surface area contributed by atoms with E-state index in [1.165, 1.54) is 72.3 Å². The van der Waals surface area contributed by atoms with Crippen molar-refractivity contribution in [2.45, 2.75) is 9.79 Å². The summed E-state index contributed by atoms with van der Waals surface area (Å²) < 4.78 is 58.4. The fraction of sp³-hybridized carbons (Fsp3) is 0.211. The van der Waals surface area contributed by atoms with Gasteiger partial charge in [0.2, 0.25) is 10.0 Å². The summed E-state index contributed by atoms with van der Waals surface area (Å²) in [6, 6.07) is 14.1. The van der Waals surface area contributed by atoms with Crippen LogP contribution >= 0.6 is 11.3 Å². The van der Waals surface area contributed by atoms with Crippen LogP contribution < -0.4 is 9.04 Å². The predicted molar refractivity (Wildman–Crippen MR) is 116 cm³/mol. The molecule has 0 spiro atoms. The lowest BCUT2D eigenvalue weighted by Gasteiger charge is -2.22. The number of nitrogens with zero attached hydrogens (tertiary/aromatic N) is 3. The van der Waals surface area contributed by atoms with Gasteiger partial charge in [-0.15, -0.1) is 11.3 Å². The van der Waals surface area contributed by atoms with Crippen LogP contribution in [0.15, 0.2) is 76.0 Å². The van der Waals surface area contributed by atoms with Gasteiger partial charge >= 0.3 is 0 Å². The van der Waals surface area contributed by atoms with Crippen molar-refractivity contribution in [3.63, 3.8) is 0 Å². The summed E-state index contributed by atoms with van der Waals surface area (Å²) in [5, 5.41) is 2.04. The molecule has 0 aliphatic carbocycles. The van der Waals surface area contributed by atoms with Crippen molar-refractivity contribution < 1.29 is 21.6 Å². The summed E-state index contributed by atoms with van der Waals surface area (Å²) >= 11 is 1.21. The van der Waals surface area contributed by atoms with Crippen LogP contribution in [-0.2, 0) is 20.0 Å². The highest BCUT2D eigenvalue weighted by Crippen LogP contribution is 2.25. The van der Waals surface area contributed by atoms with E-state index in [1.54, 1.807) is 23.6 Å². The SMILES string of the molecule is CN(C)S(=O)(=O)c1ccc(OCCN(c2nccs2)S(=O)(=O)c2ccccc2)cc1. The predicted octanol–water partition coefficient (Wildman–Crippen LogP) is 2.67. The first-order valence-corrected chi connectivity index (χ1v) is 12.6.